The summed E-state index contributed by atoms with van der Waals surface area (Å²) < 4.78 is 33.8. The number of rotatable bonds is 7. The number of hydrogen-bond acceptors (Lipinski definition) is 12. The van der Waals surface area contributed by atoms with Gasteiger partial charge in [0.1, 0.15) is 35.9 Å². The summed E-state index contributed by atoms with van der Waals surface area (Å²) in [6.45, 7) is -0.142. The van der Waals surface area contributed by atoms with Crippen LogP contribution in [0.25, 0.3) is 0 Å². The molecule has 0 amide bonds. The van der Waals surface area contributed by atoms with Gasteiger partial charge < -0.3 is 59.1 Å². The van der Waals surface area contributed by atoms with Crippen LogP contribution in [0.5, 0.6) is 28.7 Å². The highest BCUT2D eigenvalue weighted by molar-refractivity contribution is 5.73. The van der Waals surface area contributed by atoms with Crippen LogP contribution < -0.4 is 23.7 Å². The van der Waals surface area contributed by atoms with Crippen LogP contribution in [0.2, 0.25) is 0 Å². The fourth-order valence-corrected chi connectivity index (χ4v) is 5.15. The number of hydrogen-bond donors (Lipinski definition) is 6. The number of aliphatic hydroxyl groups is 5. The third-order valence-electron chi connectivity index (χ3n) is 6.95. The molecule has 0 spiro atoms. The second-order valence-corrected chi connectivity index (χ2v) is 9.11. The maximum absolute atomic E-state index is 11.4. The van der Waals surface area contributed by atoms with Crippen molar-refractivity contribution in [2.75, 3.05) is 20.8 Å². The lowest BCUT2D eigenvalue weighted by molar-refractivity contribution is -0.271. The number of ether oxygens (including phenoxy) is 6. The highest BCUT2D eigenvalue weighted by atomic mass is 16.7. The second kappa shape index (κ2) is 10.1. The van der Waals surface area contributed by atoms with Crippen molar-refractivity contribution in [2.24, 2.45) is 0 Å². The monoisotopic (exact) mass is 536 g/mol. The lowest BCUT2D eigenvalue weighted by atomic mass is 9.84. The molecular formula is C25H28O13. The Morgan fingerprint density at radius 1 is 1.00 bits per heavy atom. The van der Waals surface area contributed by atoms with Crippen molar-refractivity contribution in [1.82, 2.24) is 0 Å². The fraction of sp³-hybridized carbons (Fsp3) is 0.480. The molecule has 1 fully saturated rings. The van der Waals surface area contributed by atoms with Gasteiger partial charge in [-0.25, -0.2) is 4.79 Å². The average Bonchev–Trinajstić information content (AvgIpc) is 3.30. The van der Waals surface area contributed by atoms with Crippen molar-refractivity contribution < 1.29 is 63.9 Å². The van der Waals surface area contributed by atoms with E-state index in [2.05, 4.69) is 0 Å². The van der Waals surface area contributed by atoms with Crippen LogP contribution in [-0.2, 0) is 16.0 Å². The van der Waals surface area contributed by atoms with Gasteiger partial charge in [0.2, 0.25) is 18.3 Å². The molecule has 2 aromatic carbocycles. The summed E-state index contributed by atoms with van der Waals surface area (Å²) in [6.07, 6.45) is -10.6. The third kappa shape index (κ3) is 4.17. The minimum Gasteiger partial charge on any atom is -0.493 e. The summed E-state index contributed by atoms with van der Waals surface area (Å²) in [5.74, 6) is -0.809. The van der Waals surface area contributed by atoms with Crippen molar-refractivity contribution >= 4 is 5.97 Å². The standard InChI is InChI=1S/C25H28O13/c1-33-13-7-9(5-6-26)14-15-19(37-21(14)20(13)34-2)11-4-3-10(8-12(11)36-24(15)32)35-25-18(29)16(27)17(28)22(38-25)23(30)31/h3-4,7-8,15-19,22,24-29,32H,5-6H2,1-2H3,(H,30,31)/t15-,16-,17-,18+,19-,22-,24-,25+/m0/s1. The van der Waals surface area contributed by atoms with Gasteiger partial charge >= 0.3 is 5.97 Å². The normalized spacial score (nSPS) is 31.2. The highest BCUT2D eigenvalue weighted by Crippen LogP contribution is 2.59. The van der Waals surface area contributed by atoms with Gasteiger partial charge in [0.05, 0.1) is 20.1 Å². The second-order valence-electron chi connectivity index (χ2n) is 9.11. The van der Waals surface area contributed by atoms with Crippen LogP contribution in [0.3, 0.4) is 0 Å². The molecule has 0 aromatic heterocycles. The minimum absolute atomic E-state index is 0.0712. The molecule has 0 bridgehead atoms. The number of carboxylic acids is 1. The third-order valence-corrected chi connectivity index (χ3v) is 6.95. The molecular weight excluding hydrogens is 508 g/mol. The first-order valence-corrected chi connectivity index (χ1v) is 11.8. The van der Waals surface area contributed by atoms with E-state index < -0.39 is 55.0 Å². The van der Waals surface area contributed by atoms with E-state index >= 15 is 0 Å². The van der Waals surface area contributed by atoms with Crippen LogP contribution in [-0.4, -0.2) is 94.4 Å². The van der Waals surface area contributed by atoms with Crippen molar-refractivity contribution in [2.45, 2.75) is 55.4 Å². The van der Waals surface area contributed by atoms with E-state index in [0.717, 1.165) is 0 Å². The van der Waals surface area contributed by atoms with Crippen LogP contribution in [0.4, 0.5) is 0 Å². The molecule has 38 heavy (non-hydrogen) atoms. The number of fused-ring (bicyclic) bond motifs is 5. The number of benzene rings is 2. The molecule has 6 N–H and O–H groups in total. The lowest BCUT2D eigenvalue weighted by Gasteiger charge is -2.38. The molecule has 0 aliphatic carbocycles. The number of carboxylic acid groups (broad SMARTS) is 1. The van der Waals surface area contributed by atoms with E-state index in [1.165, 1.54) is 26.4 Å². The van der Waals surface area contributed by atoms with Gasteiger partial charge in [-0.3, -0.25) is 0 Å². The number of aliphatic carboxylic acids is 1. The van der Waals surface area contributed by atoms with Crippen molar-refractivity contribution in [1.29, 1.82) is 0 Å². The van der Waals surface area contributed by atoms with Gasteiger partial charge in [-0.2, -0.15) is 0 Å². The molecule has 5 rings (SSSR count). The molecule has 3 aliphatic heterocycles. The predicted octanol–water partition coefficient (Wildman–Crippen LogP) is -0.562. The van der Waals surface area contributed by atoms with Crippen molar-refractivity contribution in [3.05, 3.63) is 41.0 Å². The maximum Gasteiger partial charge on any atom is 0.335 e. The van der Waals surface area contributed by atoms with E-state index in [-0.39, 0.29) is 24.5 Å². The number of methoxy groups -OCH3 is 2. The Labute approximate surface area is 216 Å². The summed E-state index contributed by atoms with van der Waals surface area (Å²) in [4.78, 5) is 11.4. The van der Waals surface area contributed by atoms with Crippen molar-refractivity contribution in [3.8, 4) is 28.7 Å². The largest absolute Gasteiger partial charge is 0.493 e. The molecule has 0 radical (unpaired) electrons. The van der Waals surface area contributed by atoms with Crippen molar-refractivity contribution in [3.63, 3.8) is 0 Å². The molecule has 13 heteroatoms. The molecule has 13 nitrogen and oxygen atoms in total. The zero-order valence-corrected chi connectivity index (χ0v) is 20.4. The van der Waals surface area contributed by atoms with E-state index in [4.69, 9.17) is 28.4 Å². The van der Waals surface area contributed by atoms with Crippen LogP contribution >= 0.6 is 0 Å². The van der Waals surface area contributed by atoms with Gasteiger partial charge in [-0.15, -0.1) is 0 Å². The first-order valence-electron chi connectivity index (χ1n) is 11.8. The number of carbonyl (C=O) groups is 1. The molecule has 206 valence electrons. The first-order chi connectivity index (χ1) is 18.2. The molecule has 0 unspecified atom stereocenters. The summed E-state index contributed by atoms with van der Waals surface area (Å²) in [5.41, 5.74) is 1.89. The summed E-state index contributed by atoms with van der Waals surface area (Å²) in [6, 6.07) is 6.24. The lowest BCUT2D eigenvalue weighted by Crippen LogP contribution is -2.61. The Kier molecular flexibility index (Phi) is 6.98. The van der Waals surface area contributed by atoms with E-state index in [0.29, 0.717) is 33.9 Å². The summed E-state index contributed by atoms with van der Waals surface area (Å²) >= 11 is 0. The first kappa shape index (κ1) is 26.3. The Hall–Kier alpha value is -3.33. The zero-order chi connectivity index (χ0) is 27.3. The zero-order valence-electron chi connectivity index (χ0n) is 20.4. The highest BCUT2D eigenvalue weighted by Gasteiger charge is 2.50. The van der Waals surface area contributed by atoms with Crippen LogP contribution in [0.1, 0.15) is 28.7 Å². The predicted molar refractivity (Wildman–Crippen MR) is 124 cm³/mol. The van der Waals surface area contributed by atoms with Gasteiger partial charge in [0.25, 0.3) is 0 Å². The molecule has 3 aliphatic rings. The van der Waals surface area contributed by atoms with E-state index in [1.54, 1.807) is 12.1 Å². The Bertz CT molecular complexity index is 1220. The Morgan fingerprint density at radius 2 is 1.76 bits per heavy atom. The summed E-state index contributed by atoms with van der Waals surface area (Å²) in [5, 5.41) is 60.0. The Morgan fingerprint density at radius 3 is 2.42 bits per heavy atom. The van der Waals surface area contributed by atoms with Gasteiger partial charge in [0, 0.05) is 23.8 Å². The topological polar surface area (TPSA) is 194 Å². The quantitative estimate of drug-likeness (QED) is 0.264. The average molecular weight is 536 g/mol. The van der Waals surface area contributed by atoms with E-state index in [9.17, 15) is 35.4 Å². The molecule has 2 aromatic rings. The van der Waals surface area contributed by atoms with E-state index in [1.807, 2.05) is 0 Å². The number of aliphatic hydroxyl groups excluding tert-OH is 5. The minimum atomic E-state index is -1.85. The van der Waals surface area contributed by atoms with Crippen LogP contribution in [0.15, 0.2) is 24.3 Å². The molecule has 0 saturated carbocycles. The maximum atomic E-state index is 11.4. The molecule has 3 heterocycles. The molecule has 1 saturated heterocycles. The fourth-order valence-electron chi connectivity index (χ4n) is 5.15. The summed E-state index contributed by atoms with van der Waals surface area (Å²) in [7, 11) is 2.95. The van der Waals surface area contributed by atoms with Crippen LogP contribution in [0, 0.1) is 0 Å². The molecule has 8 atom stereocenters. The smallest absolute Gasteiger partial charge is 0.335 e. The van der Waals surface area contributed by atoms with Gasteiger partial charge in [-0.05, 0) is 30.2 Å². The van der Waals surface area contributed by atoms with Gasteiger partial charge in [-0.1, -0.05) is 0 Å². The van der Waals surface area contributed by atoms with Gasteiger partial charge in [0.15, 0.2) is 17.6 Å². The Balaban J connectivity index is 1.46. The SMILES string of the molecule is COc1cc(CCO)c2c(c1OC)O[C@H]1c3ccc(O[C@@H]4O[C@H](C(=O)O)[C@@H](O)[C@H](O)[C@H]4O)cc3O[C@H](O)[C@@H]21.